The number of thiazole rings is 1. The second kappa shape index (κ2) is 10.4. The number of rotatable bonds is 7. The monoisotopic (exact) mass is 520 g/mol. The average Bonchev–Trinajstić information content (AvgIpc) is 3.66. The lowest BCUT2D eigenvalue weighted by Crippen LogP contribution is -2.35. The summed E-state index contributed by atoms with van der Waals surface area (Å²) in [6.45, 7) is 7.44. The van der Waals surface area contributed by atoms with Gasteiger partial charge in [-0.3, -0.25) is 10.2 Å². The number of benzene rings is 2. The third-order valence-electron chi connectivity index (χ3n) is 6.55. The van der Waals surface area contributed by atoms with E-state index >= 15 is 0 Å². The summed E-state index contributed by atoms with van der Waals surface area (Å²) < 4.78 is 23.8. The molecule has 0 atom stereocenters. The summed E-state index contributed by atoms with van der Waals surface area (Å²) in [6.07, 6.45) is 1.43. The molecule has 4 heterocycles. The maximum absolute atomic E-state index is 12.7. The Morgan fingerprint density at radius 3 is 2.86 bits per heavy atom. The van der Waals surface area contributed by atoms with Gasteiger partial charge in [0.15, 0.2) is 11.5 Å². The van der Waals surface area contributed by atoms with Crippen LogP contribution in [0.3, 0.4) is 0 Å². The van der Waals surface area contributed by atoms with Crippen LogP contribution in [0.2, 0.25) is 0 Å². The van der Waals surface area contributed by atoms with Crippen LogP contribution < -0.4 is 14.8 Å². The van der Waals surface area contributed by atoms with Gasteiger partial charge in [0.1, 0.15) is 11.6 Å². The van der Waals surface area contributed by atoms with Crippen molar-refractivity contribution in [1.29, 1.82) is 0 Å². The first-order valence-corrected chi connectivity index (χ1v) is 13.2. The van der Waals surface area contributed by atoms with E-state index in [1.807, 2.05) is 24.4 Å². The van der Waals surface area contributed by atoms with Crippen molar-refractivity contribution in [2.24, 2.45) is 0 Å². The van der Waals surface area contributed by atoms with E-state index in [2.05, 4.69) is 45.3 Å². The van der Waals surface area contributed by atoms with E-state index < -0.39 is 6.09 Å². The maximum Gasteiger partial charge on any atom is 0.412 e. The molecule has 0 bridgehead atoms. The summed E-state index contributed by atoms with van der Waals surface area (Å²) >= 11 is 1.64. The van der Waals surface area contributed by atoms with Crippen LogP contribution in [0.1, 0.15) is 18.2 Å². The second-order valence-electron chi connectivity index (χ2n) is 8.98. The Morgan fingerprint density at radius 1 is 1.14 bits per heavy atom. The fourth-order valence-electron chi connectivity index (χ4n) is 4.62. The van der Waals surface area contributed by atoms with E-state index in [0.717, 1.165) is 72.1 Å². The van der Waals surface area contributed by atoms with E-state index in [9.17, 15) is 4.79 Å². The number of fused-ring (bicyclic) bond motifs is 2. The zero-order valence-electron chi connectivity index (χ0n) is 20.6. The summed E-state index contributed by atoms with van der Waals surface area (Å²) in [7, 11) is 0. The highest BCUT2D eigenvalue weighted by molar-refractivity contribution is 7.13. The molecule has 0 radical (unpaired) electrons. The van der Waals surface area contributed by atoms with Crippen LogP contribution in [0.5, 0.6) is 11.5 Å². The SMILES string of the molecule is CCn1cc(NC(=O)OCc2ccc3c(c2)OCO3)c2cc(-c3nc(CN4CCOCC4)cs3)ccc21. The van der Waals surface area contributed by atoms with Crippen LogP contribution in [0.15, 0.2) is 48.0 Å². The normalized spacial score (nSPS) is 15.3. The molecule has 2 aliphatic heterocycles. The van der Waals surface area contributed by atoms with Crippen molar-refractivity contribution in [1.82, 2.24) is 14.5 Å². The smallest absolute Gasteiger partial charge is 0.412 e. The molecular formula is C27H28N4O5S. The molecule has 1 N–H and O–H groups in total. The molecule has 0 spiro atoms. The summed E-state index contributed by atoms with van der Waals surface area (Å²) in [6, 6.07) is 11.8. The minimum Gasteiger partial charge on any atom is -0.454 e. The molecule has 2 aromatic heterocycles. The lowest BCUT2D eigenvalue weighted by molar-refractivity contribution is 0.0337. The number of carbonyl (C=O) groups is 1. The third kappa shape index (κ3) is 5.13. The van der Waals surface area contributed by atoms with Gasteiger partial charge in [0.05, 0.1) is 30.1 Å². The zero-order valence-corrected chi connectivity index (χ0v) is 21.4. The van der Waals surface area contributed by atoms with Crippen LogP contribution >= 0.6 is 11.3 Å². The number of anilines is 1. The number of hydrogen-bond acceptors (Lipinski definition) is 8. The van der Waals surface area contributed by atoms with Gasteiger partial charge in [0.25, 0.3) is 0 Å². The average molecular weight is 521 g/mol. The second-order valence-corrected chi connectivity index (χ2v) is 9.84. The van der Waals surface area contributed by atoms with Gasteiger partial charge >= 0.3 is 6.09 Å². The molecule has 2 aromatic carbocycles. The topological polar surface area (TPSA) is 87.1 Å². The van der Waals surface area contributed by atoms with Crippen molar-refractivity contribution in [3.63, 3.8) is 0 Å². The largest absolute Gasteiger partial charge is 0.454 e. The summed E-state index contributed by atoms with van der Waals surface area (Å²) in [5.74, 6) is 1.36. The minimum atomic E-state index is -0.514. The fourth-order valence-corrected chi connectivity index (χ4v) is 5.43. The predicted molar refractivity (Wildman–Crippen MR) is 141 cm³/mol. The molecule has 37 heavy (non-hydrogen) atoms. The molecule has 6 rings (SSSR count). The number of aryl methyl sites for hydroxylation is 1. The molecule has 1 amide bonds. The summed E-state index contributed by atoms with van der Waals surface area (Å²) in [5.41, 5.74) is 4.67. The standard InChI is InChI=1S/C27H28N4O5S/c1-2-31-14-22(29-27(32)34-15-18-3-6-24-25(11-18)36-17-35-24)21-12-19(4-5-23(21)31)26-28-20(16-37-26)13-30-7-9-33-10-8-30/h3-6,11-12,14,16H,2,7-10,13,15,17H2,1H3,(H,29,32). The third-order valence-corrected chi connectivity index (χ3v) is 7.49. The molecule has 2 aliphatic rings. The number of morpholine rings is 1. The first-order chi connectivity index (χ1) is 18.2. The van der Waals surface area contributed by atoms with Crippen molar-refractivity contribution in [2.45, 2.75) is 26.6 Å². The van der Waals surface area contributed by atoms with Gasteiger partial charge in [-0.15, -0.1) is 11.3 Å². The van der Waals surface area contributed by atoms with Crippen LogP contribution in [-0.2, 0) is 29.2 Å². The molecule has 1 saturated heterocycles. The van der Waals surface area contributed by atoms with Crippen molar-refractivity contribution >= 4 is 34.0 Å². The maximum atomic E-state index is 12.7. The van der Waals surface area contributed by atoms with Gasteiger partial charge in [-0.1, -0.05) is 6.07 Å². The molecule has 1 fully saturated rings. The van der Waals surface area contributed by atoms with Gasteiger partial charge in [-0.05, 0) is 42.8 Å². The Bertz CT molecular complexity index is 1430. The van der Waals surface area contributed by atoms with E-state index in [4.69, 9.17) is 23.9 Å². The summed E-state index contributed by atoms with van der Waals surface area (Å²) in [5, 5.41) is 6.96. The number of nitrogens with zero attached hydrogens (tertiary/aromatic N) is 3. The summed E-state index contributed by atoms with van der Waals surface area (Å²) in [4.78, 5) is 19.9. The van der Waals surface area contributed by atoms with E-state index in [1.165, 1.54) is 0 Å². The van der Waals surface area contributed by atoms with Gasteiger partial charge in [0, 0.05) is 48.7 Å². The van der Waals surface area contributed by atoms with Gasteiger partial charge < -0.3 is 23.5 Å². The Labute approximate surface area is 218 Å². The molecule has 0 saturated carbocycles. The Hall–Kier alpha value is -3.60. The van der Waals surface area contributed by atoms with E-state index in [1.54, 1.807) is 11.3 Å². The fraction of sp³-hybridized carbons (Fsp3) is 0.333. The van der Waals surface area contributed by atoms with Gasteiger partial charge in [0.2, 0.25) is 6.79 Å². The molecule has 10 heteroatoms. The number of aromatic nitrogens is 2. The lowest BCUT2D eigenvalue weighted by Gasteiger charge is -2.25. The Balaban J connectivity index is 1.17. The van der Waals surface area contributed by atoms with Crippen LogP contribution in [-0.4, -0.2) is 53.6 Å². The van der Waals surface area contributed by atoms with Crippen molar-refractivity contribution in [3.8, 4) is 22.1 Å². The minimum absolute atomic E-state index is 0.130. The molecule has 9 nitrogen and oxygen atoms in total. The molecular weight excluding hydrogens is 492 g/mol. The molecule has 0 unspecified atom stereocenters. The first kappa shape index (κ1) is 23.8. The Kier molecular flexibility index (Phi) is 6.69. The highest BCUT2D eigenvalue weighted by Crippen LogP contribution is 2.34. The molecule has 0 aliphatic carbocycles. The number of hydrogen-bond donors (Lipinski definition) is 1. The lowest BCUT2D eigenvalue weighted by atomic mass is 10.1. The highest BCUT2D eigenvalue weighted by Gasteiger charge is 2.17. The van der Waals surface area contributed by atoms with Gasteiger partial charge in [-0.2, -0.15) is 0 Å². The van der Waals surface area contributed by atoms with Crippen molar-refractivity contribution in [2.75, 3.05) is 38.4 Å². The van der Waals surface area contributed by atoms with E-state index in [0.29, 0.717) is 17.2 Å². The Morgan fingerprint density at radius 2 is 2.00 bits per heavy atom. The number of amides is 1. The predicted octanol–water partition coefficient (Wildman–Crippen LogP) is 5.09. The number of nitrogens with one attached hydrogen (secondary N) is 1. The quantitative estimate of drug-likeness (QED) is 0.363. The van der Waals surface area contributed by atoms with Crippen LogP contribution in [0.25, 0.3) is 21.5 Å². The highest BCUT2D eigenvalue weighted by atomic mass is 32.1. The molecule has 4 aromatic rings. The van der Waals surface area contributed by atoms with Crippen molar-refractivity contribution in [3.05, 3.63) is 59.2 Å². The number of ether oxygens (including phenoxy) is 4. The van der Waals surface area contributed by atoms with E-state index in [-0.39, 0.29) is 13.4 Å². The zero-order chi connectivity index (χ0) is 25.2. The number of carbonyl (C=O) groups excluding carboxylic acids is 1. The van der Waals surface area contributed by atoms with Crippen molar-refractivity contribution < 1.29 is 23.7 Å². The van der Waals surface area contributed by atoms with Crippen LogP contribution in [0.4, 0.5) is 10.5 Å². The van der Waals surface area contributed by atoms with Gasteiger partial charge in [-0.25, -0.2) is 9.78 Å². The molecule has 192 valence electrons. The first-order valence-electron chi connectivity index (χ1n) is 12.4. The van der Waals surface area contributed by atoms with Crippen LogP contribution in [0, 0.1) is 0 Å².